The number of hydrogen-bond acceptors (Lipinski definition) is 5. The molecule has 34 heavy (non-hydrogen) atoms. The van der Waals surface area contributed by atoms with Crippen molar-refractivity contribution in [1.29, 1.82) is 0 Å². The fourth-order valence-electron chi connectivity index (χ4n) is 4.31. The van der Waals surface area contributed by atoms with E-state index in [1.165, 1.54) is 11.3 Å². The lowest BCUT2D eigenvalue weighted by atomic mass is 10.0. The summed E-state index contributed by atoms with van der Waals surface area (Å²) in [5, 5.41) is 2.69. The van der Waals surface area contributed by atoms with E-state index in [0.717, 1.165) is 49.9 Å². The molecule has 0 radical (unpaired) electrons. The van der Waals surface area contributed by atoms with Crippen LogP contribution in [0, 0.1) is 6.92 Å². The molecular weight excluding hydrogens is 444 g/mol. The lowest BCUT2D eigenvalue weighted by molar-refractivity contribution is 0.0728. The average molecular weight is 467 g/mol. The first-order chi connectivity index (χ1) is 16.6. The number of aryl methyl sites for hydroxylation is 1. The van der Waals surface area contributed by atoms with Gasteiger partial charge in [-0.2, -0.15) is 0 Å². The summed E-state index contributed by atoms with van der Waals surface area (Å²) in [6.45, 7) is 3.40. The minimum Gasteiger partial charge on any atom is -0.491 e. The van der Waals surface area contributed by atoms with Crippen LogP contribution in [-0.2, 0) is 6.54 Å². The first-order valence-corrected chi connectivity index (χ1v) is 12.0. The predicted octanol–water partition coefficient (Wildman–Crippen LogP) is 5.70. The summed E-state index contributed by atoms with van der Waals surface area (Å²) in [6.07, 6.45) is 0. The number of amides is 1. The summed E-state index contributed by atoms with van der Waals surface area (Å²) in [5.74, 6) is 1.64. The van der Waals surface area contributed by atoms with Gasteiger partial charge in [0.05, 0.1) is 17.6 Å². The van der Waals surface area contributed by atoms with Crippen LogP contribution in [0.5, 0.6) is 5.75 Å². The van der Waals surface area contributed by atoms with Crippen LogP contribution >= 0.6 is 11.3 Å². The number of carbonyl (C=O) groups excluding carboxylic acids is 1. The van der Waals surface area contributed by atoms with Crippen LogP contribution in [0.2, 0.25) is 0 Å². The highest BCUT2D eigenvalue weighted by molar-refractivity contribution is 7.13. The number of carbonyl (C=O) groups is 1. The lowest BCUT2D eigenvalue weighted by Crippen LogP contribution is -2.32. The van der Waals surface area contributed by atoms with E-state index in [4.69, 9.17) is 4.74 Å². The predicted molar refractivity (Wildman–Crippen MR) is 134 cm³/mol. The Labute approximate surface area is 200 Å². The van der Waals surface area contributed by atoms with Crippen LogP contribution in [0.4, 0.5) is 0 Å². The maximum absolute atomic E-state index is 13.3. The molecule has 1 aliphatic heterocycles. The standard InChI is InChI=1S/C27H22N4O2S/c1-17-28-22-9-7-20(14-23(22)29-17)19-8-10-25-21(13-19)15-31(11-12-33-25)27(32)24-16-34-26(30-24)18-5-3-2-4-6-18/h2-10,13-14,16H,11-12,15H2,1H3,(H,28,29). The Bertz CT molecular complexity index is 1510. The zero-order valence-corrected chi connectivity index (χ0v) is 19.4. The fraction of sp³-hybridized carbons (Fsp3) is 0.148. The van der Waals surface area contributed by atoms with E-state index in [1.54, 1.807) is 0 Å². The zero-order valence-electron chi connectivity index (χ0n) is 18.6. The second-order valence-electron chi connectivity index (χ2n) is 8.36. The summed E-state index contributed by atoms with van der Waals surface area (Å²) in [7, 11) is 0. The third-order valence-electron chi connectivity index (χ3n) is 6.01. The first-order valence-electron chi connectivity index (χ1n) is 11.2. The molecule has 0 bridgehead atoms. The van der Waals surface area contributed by atoms with E-state index in [0.29, 0.717) is 25.4 Å². The molecule has 1 aliphatic rings. The normalized spacial score (nSPS) is 13.4. The fourth-order valence-corrected chi connectivity index (χ4v) is 5.11. The van der Waals surface area contributed by atoms with E-state index >= 15 is 0 Å². The van der Waals surface area contributed by atoms with Crippen LogP contribution in [-0.4, -0.2) is 38.9 Å². The number of nitrogens with one attached hydrogen (secondary N) is 1. The average Bonchev–Trinajstić information content (AvgIpc) is 3.44. The Kier molecular flexibility index (Phi) is 5.11. The number of nitrogens with zero attached hydrogens (tertiary/aromatic N) is 3. The molecule has 6 nitrogen and oxygen atoms in total. The van der Waals surface area contributed by atoms with E-state index in [-0.39, 0.29) is 5.91 Å². The van der Waals surface area contributed by atoms with E-state index in [2.05, 4.69) is 39.2 Å². The highest BCUT2D eigenvalue weighted by Gasteiger charge is 2.23. The number of fused-ring (bicyclic) bond motifs is 2. The largest absolute Gasteiger partial charge is 0.491 e. The van der Waals surface area contributed by atoms with Crippen molar-refractivity contribution in [3.8, 4) is 27.4 Å². The molecule has 3 heterocycles. The lowest BCUT2D eigenvalue weighted by Gasteiger charge is -2.19. The van der Waals surface area contributed by atoms with E-state index in [1.807, 2.05) is 59.7 Å². The molecule has 0 saturated carbocycles. The van der Waals surface area contributed by atoms with Gasteiger partial charge in [0, 0.05) is 23.1 Å². The quantitative estimate of drug-likeness (QED) is 0.370. The highest BCUT2D eigenvalue weighted by Crippen LogP contribution is 2.31. The maximum atomic E-state index is 13.3. The molecule has 3 aromatic carbocycles. The van der Waals surface area contributed by atoms with Gasteiger partial charge in [-0.3, -0.25) is 4.79 Å². The first kappa shape index (κ1) is 20.6. The molecule has 0 spiro atoms. The van der Waals surface area contributed by atoms with Gasteiger partial charge in [-0.1, -0.05) is 42.5 Å². The number of aromatic nitrogens is 3. The number of imidazole rings is 1. The van der Waals surface area contributed by atoms with Crippen molar-refractivity contribution < 1.29 is 9.53 Å². The minimum atomic E-state index is -0.0744. The Balaban J connectivity index is 1.28. The van der Waals surface area contributed by atoms with Crippen LogP contribution in [0.15, 0.2) is 72.1 Å². The van der Waals surface area contributed by atoms with E-state index < -0.39 is 0 Å². The van der Waals surface area contributed by atoms with Gasteiger partial charge in [-0.25, -0.2) is 9.97 Å². The molecule has 0 saturated heterocycles. The van der Waals surface area contributed by atoms with Gasteiger partial charge >= 0.3 is 0 Å². The van der Waals surface area contributed by atoms with Gasteiger partial charge in [-0.05, 0) is 42.3 Å². The summed E-state index contributed by atoms with van der Waals surface area (Å²) in [6, 6.07) is 22.3. The summed E-state index contributed by atoms with van der Waals surface area (Å²) in [4.78, 5) is 27.5. The van der Waals surface area contributed by atoms with Crippen molar-refractivity contribution >= 4 is 28.3 Å². The van der Waals surface area contributed by atoms with Crippen LogP contribution < -0.4 is 4.74 Å². The number of aromatic amines is 1. The number of thiazole rings is 1. The molecule has 1 N–H and O–H groups in total. The molecule has 0 atom stereocenters. The zero-order chi connectivity index (χ0) is 23.1. The van der Waals surface area contributed by atoms with Crippen molar-refractivity contribution in [2.75, 3.05) is 13.2 Å². The van der Waals surface area contributed by atoms with Crippen molar-refractivity contribution in [2.45, 2.75) is 13.5 Å². The van der Waals surface area contributed by atoms with Gasteiger partial charge in [0.15, 0.2) is 0 Å². The Morgan fingerprint density at radius 2 is 1.82 bits per heavy atom. The third kappa shape index (κ3) is 3.84. The molecule has 2 aromatic heterocycles. The van der Waals surface area contributed by atoms with E-state index in [9.17, 15) is 4.79 Å². The van der Waals surface area contributed by atoms with Crippen molar-refractivity contribution in [1.82, 2.24) is 19.9 Å². The summed E-state index contributed by atoms with van der Waals surface area (Å²) >= 11 is 1.49. The SMILES string of the molecule is Cc1nc2ccc(-c3ccc4c(c3)CN(C(=O)c3csc(-c5ccccc5)n3)CCO4)cc2[nH]1. The number of rotatable bonds is 3. The number of benzene rings is 3. The number of hydrogen-bond donors (Lipinski definition) is 1. The van der Waals surface area contributed by atoms with Gasteiger partial charge in [-0.15, -0.1) is 11.3 Å². The molecule has 1 amide bonds. The molecule has 7 heteroatoms. The second-order valence-corrected chi connectivity index (χ2v) is 9.21. The molecule has 168 valence electrons. The smallest absolute Gasteiger partial charge is 0.273 e. The minimum absolute atomic E-state index is 0.0744. The topological polar surface area (TPSA) is 71.1 Å². The molecule has 6 rings (SSSR count). The monoisotopic (exact) mass is 466 g/mol. The van der Waals surface area contributed by atoms with Crippen molar-refractivity contribution in [2.24, 2.45) is 0 Å². The highest BCUT2D eigenvalue weighted by atomic mass is 32.1. The summed E-state index contributed by atoms with van der Waals surface area (Å²) < 4.78 is 5.98. The van der Waals surface area contributed by atoms with Crippen molar-refractivity contribution in [3.63, 3.8) is 0 Å². The van der Waals surface area contributed by atoms with Gasteiger partial charge < -0.3 is 14.6 Å². The Morgan fingerprint density at radius 3 is 2.71 bits per heavy atom. The van der Waals surface area contributed by atoms with Crippen LogP contribution in [0.25, 0.3) is 32.7 Å². The van der Waals surface area contributed by atoms with Gasteiger partial charge in [0.1, 0.15) is 28.9 Å². The van der Waals surface area contributed by atoms with Crippen LogP contribution in [0.3, 0.4) is 0 Å². The van der Waals surface area contributed by atoms with Crippen LogP contribution in [0.1, 0.15) is 21.9 Å². The molecule has 0 fully saturated rings. The molecule has 5 aromatic rings. The number of ether oxygens (including phenoxy) is 1. The van der Waals surface area contributed by atoms with Gasteiger partial charge in [0.25, 0.3) is 5.91 Å². The van der Waals surface area contributed by atoms with Crippen molar-refractivity contribution in [3.05, 3.63) is 89.2 Å². The maximum Gasteiger partial charge on any atom is 0.273 e. The van der Waals surface area contributed by atoms with Gasteiger partial charge in [0.2, 0.25) is 0 Å². The Morgan fingerprint density at radius 1 is 1.00 bits per heavy atom. The third-order valence-corrected chi connectivity index (χ3v) is 6.90. The second kappa shape index (κ2) is 8.43. The molecule has 0 unspecified atom stereocenters. The number of H-pyrrole nitrogens is 1. The molecular formula is C27H22N4O2S. The molecule has 0 aliphatic carbocycles. The summed E-state index contributed by atoms with van der Waals surface area (Å²) in [5.41, 5.74) is 6.61. The Hall–Kier alpha value is -3.97.